The van der Waals surface area contributed by atoms with Gasteiger partial charge in [-0.2, -0.15) is 5.26 Å². The van der Waals surface area contributed by atoms with Gasteiger partial charge in [0.1, 0.15) is 6.54 Å². The van der Waals surface area contributed by atoms with E-state index >= 15 is 0 Å². The first-order valence-electron chi connectivity index (χ1n) is 5.06. The summed E-state index contributed by atoms with van der Waals surface area (Å²) in [6.07, 6.45) is 3.95. The lowest BCUT2D eigenvalue weighted by atomic mass is 10.2. The van der Waals surface area contributed by atoms with E-state index in [0.29, 0.717) is 13.0 Å². The molecule has 0 aliphatic rings. The Morgan fingerprint density at radius 1 is 1.24 bits per heavy atom. The normalized spacial score (nSPS) is 9.12. The summed E-state index contributed by atoms with van der Waals surface area (Å²) >= 11 is 0. The van der Waals surface area contributed by atoms with Gasteiger partial charge < -0.3 is 10.6 Å². The van der Waals surface area contributed by atoms with Crippen LogP contribution in [0.3, 0.4) is 0 Å². The Bertz CT molecular complexity index is 425. The number of carbonyl (C=O) groups is 2. The molecule has 2 amide bonds. The average Bonchev–Trinajstić information content (AvgIpc) is 2.37. The summed E-state index contributed by atoms with van der Waals surface area (Å²) in [5, 5.41) is 12.8. The molecule has 6 nitrogen and oxygen atoms in total. The van der Waals surface area contributed by atoms with Crippen molar-refractivity contribution in [2.75, 3.05) is 13.1 Å². The van der Waals surface area contributed by atoms with Crippen molar-refractivity contribution in [2.24, 2.45) is 0 Å². The SMILES string of the molecule is N#CCNC(=O)C(=O)NCCc1ccncc1. The molecular weight excluding hydrogens is 220 g/mol. The first-order valence-corrected chi connectivity index (χ1v) is 5.06. The minimum Gasteiger partial charge on any atom is -0.348 e. The van der Waals surface area contributed by atoms with Gasteiger partial charge >= 0.3 is 11.8 Å². The van der Waals surface area contributed by atoms with Gasteiger partial charge in [-0.1, -0.05) is 0 Å². The Balaban J connectivity index is 2.25. The van der Waals surface area contributed by atoms with E-state index in [1.165, 1.54) is 0 Å². The molecule has 0 aliphatic heterocycles. The molecule has 0 radical (unpaired) electrons. The van der Waals surface area contributed by atoms with Crippen LogP contribution in [-0.4, -0.2) is 29.9 Å². The molecule has 0 aliphatic carbocycles. The Morgan fingerprint density at radius 3 is 2.53 bits per heavy atom. The summed E-state index contributed by atoms with van der Waals surface area (Å²) in [7, 11) is 0. The van der Waals surface area contributed by atoms with E-state index in [0.717, 1.165) is 5.56 Å². The fraction of sp³-hybridized carbons (Fsp3) is 0.273. The molecule has 0 saturated carbocycles. The van der Waals surface area contributed by atoms with E-state index in [9.17, 15) is 9.59 Å². The predicted molar refractivity (Wildman–Crippen MR) is 59.6 cm³/mol. The number of nitrogens with zero attached hydrogens (tertiary/aromatic N) is 2. The third-order valence-corrected chi connectivity index (χ3v) is 1.98. The van der Waals surface area contributed by atoms with Crippen molar-refractivity contribution in [3.8, 4) is 6.07 Å². The smallest absolute Gasteiger partial charge is 0.310 e. The highest BCUT2D eigenvalue weighted by Crippen LogP contribution is 1.95. The molecule has 2 N–H and O–H groups in total. The van der Waals surface area contributed by atoms with E-state index in [2.05, 4.69) is 15.6 Å². The topological polar surface area (TPSA) is 94.9 Å². The fourth-order valence-corrected chi connectivity index (χ4v) is 1.15. The number of hydrogen-bond acceptors (Lipinski definition) is 4. The van der Waals surface area contributed by atoms with Crippen molar-refractivity contribution in [1.29, 1.82) is 5.26 Å². The van der Waals surface area contributed by atoms with Gasteiger partial charge in [0.15, 0.2) is 0 Å². The monoisotopic (exact) mass is 232 g/mol. The average molecular weight is 232 g/mol. The molecule has 1 aromatic rings. The van der Waals surface area contributed by atoms with Crippen molar-refractivity contribution in [3.63, 3.8) is 0 Å². The maximum atomic E-state index is 11.2. The number of nitrogens with one attached hydrogen (secondary N) is 2. The maximum absolute atomic E-state index is 11.2. The van der Waals surface area contributed by atoms with Gasteiger partial charge in [-0.3, -0.25) is 14.6 Å². The number of amides is 2. The van der Waals surface area contributed by atoms with Crippen LogP contribution in [0.2, 0.25) is 0 Å². The van der Waals surface area contributed by atoms with Crippen LogP contribution in [0.1, 0.15) is 5.56 Å². The van der Waals surface area contributed by atoms with E-state index in [1.54, 1.807) is 18.5 Å². The van der Waals surface area contributed by atoms with E-state index < -0.39 is 11.8 Å². The molecule has 1 heterocycles. The lowest BCUT2D eigenvalue weighted by molar-refractivity contribution is -0.139. The molecule has 0 aromatic carbocycles. The third-order valence-electron chi connectivity index (χ3n) is 1.98. The first-order chi connectivity index (χ1) is 8.24. The van der Waals surface area contributed by atoms with Gasteiger partial charge in [-0.25, -0.2) is 0 Å². The zero-order valence-corrected chi connectivity index (χ0v) is 9.14. The molecular formula is C11H12N4O2. The summed E-state index contributed by atoms with van der Waals surface area (Å²) in [5.74, 6) is -1.52. The number of aromatic nitrogens is 1. The van der Waals surface area contributed by atoms with Crippen LogP contribution in [0.15, 0.2) is 24.5 Å². The van der Waals surface area contributed by atoms with Crippen molar-refractivity contribution in [3.05, 3.63) is 30.1 Å². The predicted octanol–water partition coefficient (Wildman–Crippen LogP) is -0.620. The largest absolute Gasteiger partial charge is 0.348 e. The minimum atomic E-state index is -0.790. The van der Waals surface area contributed by atoms with Gasteiger partial charge in [0.2, 0.25) is 0 Å². The zero-order chi connectivity index (χ0) is 12.5. The van der Waals surface area contributed by atoms with E-state index in [4.69, 9.17) is 5.26 Å². The summed E-state index contributed by atoms with van der Waals surface area (Å²) < 4.78 is 0. The van der Waals surface area contributed by atoms with Gasteiger partial charge in [-0.15, -0.1) is 0 Å². The van der Waals surface area contributed by atoms with Gasteiger partial charge in [0.25, 0.3) is 0 Å². The van der Waals surface area contributed by atoms with Crippen molar-refractivity contribution in [1.82, 2.24) is 15.6 Å². The van der Waals surface area contributed by atoms with Crippen LogP contribution in [-0.2, 0) is 16.0 Å². The Morgan fingerprint density at radius 2 is 1.88 bits per heavy atom. The summed E-state index contributed by atoms with van der Waals surface area (Å²) in [6.45, 7) is 0.194. The van der Waals surface area contributed by atoms with Crippen LogP contribution in [0.5, 0.6) is 0 Å². The second kappa shape index (κ2) is 6.95. The number of carbonyl (C=O) groups excluding carboxylic acids is 2. The Kier molecular flexibility index (Phi) is 5.17. The molecule has 0 spiro atoms. The molecule has 17 heavy (non-hydrogen) atoms. The molecule has 0 saturated heterocycles. The molecule has 0 fully saturated rings. The summed E-state index contributed by atoms with van der Waals surface area (Å²) in [4.78, 5) is 26.1. The molecule has 0 bridgehead atoms. The zero-order valence-electron chi connectivity index (χ0n) is 9.14. The van der Waals surface area contributed by atoms with Crippen LogP contribution in [0.25, 0.3) is 0 Å². The van der Waals surface area contributed by atoms with Crippen molar-refractivity contribution >= 4 is 11.8 Å². The van der Waals surface area contributed by atoms with Crippen LogP contribution >= 0.6 is 0 Å². The van der Waals surface area contributed by atoms with E-state index in [-0.39, 0.29) is 6.54 Å². The Hall–Kier alpha value is -2.42. The standard InChI is InChI=1S/C11H12N4O2/c12-4-8-15-11(17)10(16)14-7-3-9-1-5-13-6-2-9/h1-2,5-6H,3,7-8H2,(H,14,16)(H,15,17). The molecule has 88 valence electrons. The second-order valence-corrected chi connectivity index (χ2v) is 3.20. The first kappa shape index (κ1) is 12.6. The number of pyridine rings is 1. The molecule has 6 heteroatoms. The molecule has 1 rings (SSSR count). The highest BCUT2D eigenvalue weighted by molar-refractivity contribution is 6.35. The number of hydrogen-bond donors (Lipinski definition) is 2. The van der Waals surface area contributed by atoms with Gasteiger partial charge in [-0.05, 0) is 24.1 Å². The Labute approximate surface area is 98.7 Å². The molecule has 0 atom stereocenters. The molecule has 0 unspecified atom stereocenters. The quantitative estimate of drug-likeness (QED) is 0.534. The highest BCUT2D eigenvalue weighted by Gasteiger charge is 2.11. The van der Waals surface area contributed by atoms with Crippen LogP contribution < -0.4 is 10.6 Å². The molecule has 1 aromatic heterocycles. The maximum Gasteiger partial charge on any atom is 0.310 e. The minimum absolute atomic E-state index is 0.170. The third kappa shape index (κ3) is 4.75. The summed E-state index contributed by atoms with van der Waals surface area (Å²) in [6, 6.07) is 5.39. The number of rotatable bonds is 4. The summed E-state index contributed by atoms with van der Waals surface area (Å²) in [5.41, 5.74) is 1.03. The van der Waals surface area contributed by atoms with Crippen molar-refractivity contribution < 1.29 is 9.59 Å². The number of nitriles is 1. The van der Waals surface area contributed by atoms with Gasteiger partial charge in [0.05, 0.1) is 6.07 Å². The second-order valence-electron chi connectivity index (χ2n) is 3.20. The highest BCUT2D eigenvalue weighted by atomic mass is 16.2. The van der Waals surface area contributed by atoms with Crippen LogP contribution in [0.4, 0.5) is 0 Å². The fourth-order valence-electron chi connectivity index (χ4n) is 1.15. The van der Waals surface area contributed by atoms with Crippen LogP contribution in [0, 0.1) is 11.3 Å². The van der Waals surface area contributed by atoms with Crippen molar-refractivity contribution in [2.45, 2.75) is 6.42 Å². The van der Waals surface area contributed by atoms with Gasteiger partial charge in [0, 0.05) is 18.9 Å². The lowest BCUT2D eigenvalue weighted by Crippen LogP contribution is -2.40. The van der Waals surface area contributed by atoms with E-state index in [1.807, 2.05) is 12.1 Å². The lowest BCUT2D eigenvalue weighted by Gasteiger charge is -2.04.